The zero-order chi connectivity index (χ0) is 15.6. The van der Waals surface area contributed by atoms with Gasteiger partial charge in [0.1, 0.15) is 0 Å². The van der Waals surface area contributed by atoms with Crippen LogP contribution in [0.25, 0.3) is 0 Å². The molecule has 1 saturated heterocycles. The van der Waals surface area contributed by atoms with Gasteiger partial charge in [-0.05, 0) is 24.8 Å². The van der Waals surface area contributed by atoms with Crippen LogP contribution in [0.15, 0.2) is 24.3 Å². The van der Waals surface area contributed by atoms with Crippen molar-refractivity contribution in [2.75, 3.05) is 13.1 Å². The molecule has 2 atom stereocenters. The molecule has 1 aliphatic heterocycles. The summed E-state index contributed by atoms with van der Waals surface area (Å²) in [4.78, 5) is 10.0. The summed E-state index contributed by atoms with van der Waals surface area (Å²) in [6, 6.07) is 5.51. The van der Waals surface area contributed by atoms with E-state index in [4.69, 9.17) is 0 Å². The van der Waals surface area contributed by atoms with Crippen LogP contribution in [0.4, 0.5) is 5.69 Å². The first-order chi connectivity index (χ1) is 9.79. The summed E-state index contributed by atoms with van der Waals surface area (Å²) in [5, 5.41) is 20.1. The Labute approximate surface area is 123 Å². The van der Waals surface area contributed by atoms with E-state index >= 15 is 0 Å². The molecule has 8 heteroatoms. The molecule has 1 heterocycles. The second kappa shape index (κ2) is 6.08. The van der Waals surface area contributed by atoms with Crippen LogP contribution in [0.3, 0.4) is 0 Å². The molecule has 1 N–H and O–H groups in total. The quantitative estimate of drug-likeness (QED) is 0.648. The van der Waals surface area contributed by atoms with Gasteiger partial charge in [0.05, 0.1) is 16.8 Å². The molecule has 0 bridgehead atoms. The fraction of sp³-hybridized carbons (Fsp3) is 0.538. The lowest BCUT2D eigenvalue weighted by molar-refractivity contribution is -0.384. The van der Waals surface area contributed by atoms with Crippen molar-refractivity contribution >= 4 is 15.7 Å². The number of non-ortho nitro benzene ring substituents is 1. The van der Waals surface area contributed by atoms with Crippen molar-refractivity contribution in [3.63, 3.8) is 0 Å². The third-order valence-electron chi connectivity index (χ3n) is 3.76. The molecule has 1 aromatic rings. The summed E-state index contributed by atoms with van der Waals surface area (Å²) < 4.78 is 26.0. The van der Waals surface area contributed by atoms with Gasteiger partial charge in [-0.25, -0.2) is 12.7 Å². The van der Waals surface area contributed by atoms with Gasteiger partial charge in [-0.15, -0.1) is 0 Å². The van der Waals surface area contributed by atoms with E-state index in [0.717, 1.165) is 0 Å². The Balaban J connectivity index is 2.06. The highest BCUT2D eigenvalue weighted by atomic mass is 32.2. The van der Waals surface area contributed by atoms with Crippen molar-refractivity contribution in [1.29, 1.82) is 0 Å². The van der Waals surface area contributed by atoms with Gasteiger partial charge >= 0.3 is 0 Å². The molecule has 1 aliphatic rings. The molecule has 7 nitrogen and oxygen atoms in total. The number of aliphatic hydroxyl groups is 1. The Morgan fingerprint density at radius 2 is 2.05 bits per heavy atom. The highest BCUT2D eigenvalue weighted by molar-refractivity contribution is 7.88. The van der Waals surface area contributed by atoms with Crippen LogP contribution >= 0.6 is 0 Å². The maximum absolute atomic E-state index is 12.3. The van der Waals surface area contributed by atoms with E-state index in [1.807, 2.05) is 0 Å². The van der Waals surface area contributed by atoms with Crippen molar-refractivity contribution in [2.45, 2.75) is 25.2 Å². The van der Waals surface area contributed by atoms with Crippen molar-refractivity contribution < 1.29 is 18.4 Å². The first-order valence-corrected chi connectivity index (χ1v) is 8.30. The normalized spacial score (nSPS) is 21.3. The summed E-state index contributed by atoms with van der Waals surface area (Å²) in [7, 11) is -3.46. The smallest absolute Gasteiger partial charge is 0.269 e. The summed E-state index contributed by atoms with van der Waals surface area (Å²) >= 11 is 0. The number of sulfonamides is 1. The van der Waals surface area contributed by atoms with Gasteiger partial charge in [-0.2, -0.15) is 0 Å². The average molecular weight is 314 g/mol. The van der Waals surface area contributed by atoms with Crippen LogP contribution in [0.2, 0.25) is 0 Å². The van der Waals surface area contributed by atoms with Crippen LogP contribution in [-0.2, 0) is 15.8 Å². The number of hydrogen-bond acceptors (Lipinski definition) is 5. The van der Waals surface area contributed by atoms with E-state index in [1.54, 1.807) is 6.92 Å². The van der Waals surface area contributed by atoms with Crippen molar-refractivity contribution in [3.8, 4) is 0 Å². The first-order valence-electron chi connectivity index (χ1n) is 6.69. The molecule has 1 aromatic carbocycles. The van der Waals surface area contributed by atoms with Gasteiger partial charge < -0.3 is 5.11 Å². The predicted octanol–water partition coefficient (Wildman–Crippen LogP) is 1.13. The summed E-state index contributed by atoms with van der Waals surface area (Å²) in [5.41, 5.74) is 0.451. The molecule has 2 rings (SSSR count). The number of nitrogens with zero attached hydrogens (tertiary/aromatic N) is 2. The second-order valence-corrected chi connectivity index (χ2v) is 7.30. The summed E-state index contributed by atoms with van der Waals surface area (Å²) in [6.07, 6.45) is 0.126. The zero-order valence-corrected chi connectivity index (χ0v) is 12.5. The largest absolute Gasteiger partial charge is 0.393 e. The maximum atomic E-state index is 12.3. The van der Waals surface area contributed by atoms with Crippen molar-refractivity contribution in [3.05, 3.63) is 39.9 Å². The molecule has 116 valence electrons. The molecule has 1 fully saturated rings. The Hall–Kier alpha value is -1.51. The molecule has 2 unspecified atom stereocenters. The SMILES string of the molecule is CC(O)C1CCN(S(=O)(=O)Cc2ccc([N+](=O)[O-])cc2)C1. The lowest BCUT2D eigenvalue weighted by Crippen LogP contribution is -2.31. The van der Waals surface area contributed by atoms with Crippen LogP contribution in [-0.4, -0.2) is 41.9 Å². The first kappa shape index (κ1) is 15.9. The monoisotopic (exact) mass is 314 g/mol. The van der Waals surface area contributed by atoms with E-state index in [0.29, 0.717) is 25.1 Å². The minimum absolute atomic E-state index is 0.0309. The number of hydrogen-bond donors (Lipinski definition) is 1. The number of nitro benzene ring substituents is 1. The predicted molar refractivity (Wildman–Crippen MR) is 77.1 cm³/mol. The minimum Gasteiger partial charge on any atom is -0.393 e. The fourth-order valence-electron chi connectivity index (χ4n) is 2.42. The summed E-state index contributed by atoms with van der Waals surface area (Å²) in [5.74, 6) is -0.214. The highest BCUT2D eigenvalue weighted by Gasteiger charge is 2.33. The van der Waals surface area contributed by atoms with Crippen LogP contribution in [0.5, 0.6) is 0 Å². The minimum atomic E-state index is -3.46. The van der Waals surface area contributed by atoms with E-state index in [1.165, 1.54) is 28.6 Å². The Morgan fingerprint density at radius 1 is 1.43 bits per heavy atom. The van der Waals surface area contributed by atoms with Crippen molar-refractivity contribution in [2.24, 2.45) is 5.92 Å². The number of benzene rings is 1. The molecule has 21 heavy (non-hydrogen) atoms. The molecular weight excluding hydrogens is 296 g/mol. The topological polar surface area (TPSA) is 101 Å². The number of rotatable bonds is 5. The lowest BCUT2D eigenvalue weighted by atomic mass is 10.0. The van der Waals surface area contributed by atoms with Crippen molar-refractivity contribution in [1.82, 2.24) is 4.31 Å². The highest BCUT2D eigenvalue weighted by Crippen LogP contribution is 2.24. The van der Waals surface area contributed by atoms with E-state index in [-0.39, 0.29) is 17.4 Å². The lowest BCUT2D eigenvalue weighted by Gasteiger charge is -2.17. The van der Waals surface area contributed by atoms with Crippen LogP contribution < -0.4 is 0 Å². The standard InChI is InChI=1S/C13H18N2O5S/c1-10(16)12-6-7-14(8-12)21(19,20)9-11-2-4-13(5-3-11)15(17)18/h2-5,10,12,16H,6-9H2,1H3. The van der Waals surface area contributed by atoms with Gasteiger partial charge in [0, 0.05) is 25.2 Å². The fourth-order valence-corrected chi connectivity index (χ4v) is 4.01. The number of aliphatic hydroxyl groups excluding tert-OH is 1. The van der Waals surface area contributed by atoms with Gasteiger partial charge in [0.25, 0.3) is 5.69 Å². The molecule has 0 saturated carbocycles. The van der Waals surface area contributed by atoms with Gasteiger partial charge in [0.2, 0.25) is 10.0 Å². The Morgan fingerprint density at radius 3 is 2.52 bits per heavy atom. The number of nitro groups is 1. The Kier molecular flexibility index (Phi) is 4.60. The molecule has 0 aliphatic carbocycles. The third-order valence-corrected chi connectivity index (χ3v) is 5.58. The second-order valence-electron chi connectivity index (χ2n) is 5.33. The molecular formula is C13H18N2O5S. The van der Waals surface area contributed by atoms with Gasteiger partial charge in [-0.3, -0.25) is 10.1 Å². The van der Waals surface area contributed by atoms with E-state index in [2.05, 4.69) is 0 Å². The van der Waals surface area contributed by atoms with Gasteiger partial charge in [-0.1, -0.05) is 12.1 Å². The average Bonchev–Trinajstić information content (AvgIpc) is 2.89. The van der Waals surface area contributed by atoms with E-state index < -0.39 is 21.1 Å². The third kappa shape index (κ3) is 3.78. The summed E-state index contributed by atoms with van der Waals surface area (Å²) in [6.45, 7) is 2.40. The maximum Gasteiger partial charge on any atom is 0.269 e. The van der Waals surface area contributed by atoms with Gasteiger partial charge in [0.15, 0.2) is 0 Å². The van der Waals surface area contributed by atoms with Crippen LogP contribution in [0.1, 0.15) is 18.9 Å². The molecule has 0 amide bonds. The molecule has 0 radical (unpaired) electrons. The van der Waals surface area contributed by atoms with Crippen LogP contribution in [0, 0.1) is 16.0 Å². The molecule has 0 aromatic heterocycles. The Bertz CT molecular complexity index is 612. The molecule has 0 spiro atoms. The van der Waals surface area contributed by atoms with E-state index in [9.17, 15) is 23.6 Å². The zero-order valence-electron chi connectivity index (χ0n) is 11.7.